The van der Waals surface area contributed by atoms with E-state index in [1.165, 1.54) is 17.2 Å². The van der Waals surface area contributed by atoms with E-state index < -0.39 is 0 Å². The molecular weight excluding hydrogens is 365 g/mol. The molecule has 0 atom stereocenters. The fraction of sp³-hybridized carbons (Fsp3) is 0.304. The Morgan fingerprint density at radius 1 is 0.897 bits per heavy atom. The van der Waals surface area contributed by atoms with E-state index in [2.05, 4.69) is 51.3 Å². The van der Waals surface area contributed by atoms with Crippen molar-refractivity contribution in [3.8, 4) is 0 Å². The Bertz CT molecular complexity index is 965. The highest BCUT2D eigenvalue weighted by atomic mass is 19.1. The molecule has 1 aliphatic rings. The van der Waals surface area contributed by atoms with Gasteiger partial charge in [-0.15, -0.1) is 0 Å². The van der Waals surface area contributed by atoms with Crippen LogP contribution in [0, 0.1) is 19.7 Å². The Morgan fingerprint density at radius 2 is 1.59 bits per heavy atom. The van der Waals surface area contributed by atoms with Crippen LogP contribution in [0.2, 0.25) is 0 Å². The summed E-state index contributed by atoms with van der Waals surface area (Å²) in [5.41, 5.74) is 4.04. The summed E-state index contributed by atoms with van der Waals surface area (Å²) in [6.45, 7) is 7.86. The first kappa shape index (κ1) is 19.2. The molecule has 2 heterocycles. The molecule has 1 saturated heterocycles. The van der Waals surface area contributed by atoms with Gasteiger partial charge in [0.05, 0.1) is 5.69 Å². The van der Waals surface area contributed by atoms with Gasteiger partial charge in [0.1, 0.15) is 11.6 Å². The van der Waals surface area contributed by atoms with Crippen LogP contribution >= 0.6 is 0 Å². The predicted molar refractivity (Wildman–Crippen MR) is 116 cm³/mol. The van der Waals surface area contributed by atoms with Crippen LogP contribution in [0.5, 0.6) is 0 Å². The number of halogens is 1. The zero-order valence-corrected chi connectivity index (χ0v) is 16.9. The van der Waals surface area contributed by atoms with Gasteiger partial charge in [-0.05, 0) is 31.5 Å². The van der Waals surface area contributed by atoms with E-state index in [0.717, 1.165) is 37.7 Å². The maximum absolute atomic E-state index is 14.1. The number of rotatable bonds is 5. The second-order valence-electron chi connectivity index (χ2n) is 7.46. The lowest BCUT2D eigenvalue weighted by molar-refractivity contribution is 0.596. The molecular formula is C23H26FN5. The summed E-state index contributed by atoms with van der Waals surface area (Å²) in [6, 6.07) is 17.4. The third kappa shape index (κ3) is 4.65. The number of hydrogen-bond acceptors (Lipinski definition) is 5. The molecule has 0 bridgehead atoms. The van der Waals surface area contributed by atoms with E-state index in [9.17, 15) is 4.39 Å². The fourth-order valence-corrected chi connectivity index (χ4v) is 3.56. The molecule has 6 heteroatoms. The Balaban J connectivity index is 1.41. The maximum atomic E-state index is 14.1. The SMILES string of the molecule is Cc1ccc(CNc2nc(C)cc(N3CCN(c4ccccc4F)CC3)n2)cc1. The maximum Gasteiger partial charge on any atom is 0.225 e. The fourth-order valence-electron chi connectivity index (χ4n) is 3.56. The Labute approximate surface area is 171 Å². The lowest BCUT2D eigenvalue weighted by atomic mass is 10.1. The van der Waals surface area contributed by atoms with Crippen LogP contribution in [0.25, 0.3) is 0 Å². The second-order valence-corrected chi connectivity index (χ2v) is 7.46. The van der Waals surface area contributed by atoms with Crippen molar-refractivity contribution in [3.05, 3.63) is 77.2 Å². The first-order valence-electron chi connectivity index (χ1n) is 9.98. The van der Waals surface area contributed by atoms with Crippen molar-refractivity contribution in [2.45, 2.75) is 20.4 Å². The van der Waals surface area contributed by atoms with Crippen LogP contribution in [-0.2, 0) is 6.54 Å². The van der Waals surface area contributed by atoms with E-state index in [1.807, 2.05) is 25.1 Å². The van der Waals surface area contributed by atoms with Crippen LogP contribution in [0.15, 0.2) is 54.6 Å². The van der Waals surface area contributed by atoms with Gasteiger partial charge in [0.2, 0.25) is 5.95 Å². The highest BCUT2D eigenvalue weighted by molar-refractivity contribution is 5.51. The van der Waals surface area contributed by atoms with Crippen molar-refractivity contribution >= 4 is 17.5 Å². The van der Waals surface area contributed by atoms with Gasteiger partial charge >= 0.3 is 0 Å². The topological polar surface area (TPSA) is 44.3 Å². The zero-order chi connectivity index (χ0) is 20.2. The lowest BCUT2D eigenvalue weighted by Gasteiger charge is -2.37. The Kier molecular flexibility index (Phi) is 5.60. The van der Waals surface area contributed by atoms with E-state index in [1.54, 1.807) is 6.07 Å². The van der Waals surface area contributed by atoms with Crippen LogP contribution < -0.4 is 15.1 Å². The quantitative estimate of drug-likeness (QED) is 0.707. The summed E-state index contributed by atoms with van der Waals surface area (Å²) in [5, 5.41) is 3.33. The molecule has 0 radical (unpaired) electrons. The monoisotopic (exact) mass is 391 g/mol. The lowest BCUT2D eigenvalue weighted by Crippen LogP contribution is -2.47. The van der Waals surface area contributed by atoms with E-state index in [0.29, 0.717) is 18.2 Å². The zero-order valence-electron chi connectivity index (χ0n) is 16.9. The first-order valence-corrected chi connectivity index (χ1v) is 9.98. The number of aromatic nitrogens is 2. The number of nitrogens with zero attached hydrogens (tertiary/aromatic N) is 4. The van der Waals surface area contributed by atoms with E-state index in [4.69, 9.17) is 4.98 Å². The number of nitrogens with one attached hydrogen (secondary N) is 1. The number of hydrogen-bond donors (Lipinski definition) is 1. The molecule has 0 unspecified atom stereocenters. The van der Waals surface area contributed by atoms with Crippen LogP contribution in [0.3, 0.4) is 0 Å². The van der Waals surface area contributed by atoms with Crippen molar-refractivity contribution in [2.24, 2.45) is 0 Å². The molecule has 1 N–H and O–H groups in total. The largest absolute Gasteiger partial charge is 0.366 e. The highest BCUT2D eigenvalue weighted by Crippen LogP contribution is 2.23. The van der Waals surface area contributed by atoms with E-state index in [-0.39, 0.29) is 5.82 Å². The standard InChI is InChI=1S/C23H26FN5/c1-17-7-9-19(10-8-17)16-25-23-26-18(2)15-22(27-23)29-13-11-28(12-14-29)21-6-4-3-5-20(21)24/h3-10,15H,11-14,16H2,1-2H3,(H,25,26,27). The number of para-hydroxylation sites is 1. The average Bonchev–Trinajstić information content (AvgIpc) is 2.73. The van der Waals surface area contributed by atoms with Crippen LogP contribution in [0.4, 0.5) is 21.8 Å². The minimum atomic E-state index is -0.165. The molecule has 2 aromatic carbocycles. The number of piperazine rings is 1. The van der Waals surface area contributed by atoms with Gasteiger partial charge in [-0.1, -0.05) is 42.0 Å². The van der Waals surface area contributed by atoms with E-state index >= 15 is 0 Å². The second kappa shape index (κ2) is 8.47. The molecule has 0 saturated carbocycles. The van der Waals surface area contributed by atoms with Gasteiger partial charge in [0, 0.05) is 44.5 Å². The molecule has 1 aliphatic heterocycles. The summed E-state index contributed by atoms with van der Waals surface area (Å²) >= 11 is 0. The third-order valence-electron chi connectivity index (χ3n) is 5.21. The molecule has 0 aliphatic carbocycles. The molecule has 5 nitrogen and oxygen atoms in total. The van der Waals surface area contributed by atoms with Crippen molar-refractivity contribution in [1.29, 1.82) is 0 Å². The Morgan fingerprint density at radius 3 is 2.31 bits per heavy atom. The van der Waals surface area contributed by atoms with Gasteiger partial charge < -0.3 is 15.1 Å². The van der Waals surface area contributed by atoms with Crippen molar-refractivity contribution in [3.63, 3.8) is 0 Å². The number of benzene rings is 2. The Hall–Kier alpha value is -3.15. The smallest absolute Gasteiger partial charge is 0.225 e. The molecule has 3 aromatic rings. The van der Waals surface area contributed by atoms with Gasteiger partial charge in [0.15, 0.2) is 0 Å². The van der Waals surface area contributed by atoms with Crippen molar-refractivity contribution in [1.82, 2.24) is 9.97 Å². The van der Waals surface area contributed by atoms with Gasteiger partial charge in [0.25, 0.3) is 0 Å². The summed E-state index contributed by atoms with van der Waals surface area (Å²) < 4.78 is 14.1. The first-order chi connectivity index (χ1) is 14.1. The minimum absolute atomic E-state index is 0.165. The van der Waals surface area contributed by atoms with Gasteiger partial charge in [-0.2, -0.15) is 4.98 Å². The summed E-state index contributed by atoms with van der Waals surface area (Å²) in [5.74, 6) is 1.38. The number of anilines is 3. The molecule has 4 rings (SSSR count). The molecule has 0 spiro atoms. The molecule has 0 amide bonds. The van der Waals surface area contributed by atoms with Crippen LogP contribution in [-0.4, -0.2) is 36.1 Å². The predicted octanol–water partition coefficient (Wildman–Crippen LogP) is 4.17. The van der Waals surface area contributed by atoms with Gasteiger partial charge in [-0.3, -0.25) is 0 Å². The average molecular weight is 391 g/mol. The summed E-state index contributed by atoms with van der Waals surface area (Å²) in [6.07, 6.45) is 0. The molecule has 1 fully saturated rings. The highest BCUT2D eigenvalue weighted by Gasteiger charge is 2.21. The number of aryl methyl sites for hydroxylation is 2. The molecule has 1 aromatic heterocycles. The molecule has 150 valence electrons. The normalized spacial score (nSPS) is 14.2. The van der Waals surface area contributed by atoms with Crippen LogP contribution in [0.1, 0.15) is 16.8 Å². The minimum Gasteiger partial charge on any atom is -0.366 e. The van der Waals surface area contributed by atoms with Gasteiger partial charge in [-0.25, -0.2) is 9.37 Å². The summed E-state index contributed by atoms with van der Waals surface area (Å²) in [7, 11) is 0. The third-order valence-corrected chi connectivity index (χ3v) is 5.21. The van der Waals surface area contributed by atoms with Crippen molar-refractivity contribution < 1.29 is 4.39 Å². The van der Waals surface area contributed by atoms with Crippen molar-refractivity contribution in [2.75, 3.05) is 41.3 Å². The summed E-state index contributed by atoms with van der Waals surface area (Å²) in [4.78, 5) is 13.6. The molecule has 29 heavy (non-hydrogen) atoms.